The van der Waals surface area contributed by atoms with Gasteiger partial charge in [-0.25, -0.2) is 9.97 Å². The van der Waals surface area contributed by atoms with Gasteiger partial charge in [-0.1, -0.05) is 121 Å². The maximum absolute atomic E-state index is 6.03. The van der Waals surface area contributed by atoms with Crippen molar-refractivity contribution in [3.05, 3.63) is 302 Å². The second-order valence-corrected chi connectivity index (χ2v) is 30.7. The SMILES string of the molecule is Cc1ccc2c(C)c1CCc1cc(cc(-c3c4nc(c(-c5cc6cc(c5)CCc5c(C)ccc(c5C)CCC6)c5ccc([nH]5)c(-c5cc6cc(c5)CCc5c(C)ccc(c5C)CCC6)c5nc(c(-c6cc7cc(c6)CCc6c(C)ccc(c6C)CCC7)c6ccc3[nH]6)C=C5)C=C4)c1)CCC2. The van der Waals surface area contributed by atoms with Crippen molar-refractivity contribution in [3.8, 4) is 44.5 Å². The van der Waals surface area contributed by atoms with Gasteiger partial charge in [0.1, 0.15) is 0 Å². The van der Waals surface area contributed by atoms with Gasteiger partial charge in [0, 0.05) is 44.3 Å². The van der Waals surface area contributed by atoms with E-state index in [1.807, 2.05) is 0 Å². The van der Waals surface area contributed by atoms with Crippen LogP contribution in [0.25, 0.3) is 90.9 Å². The highest BCUT2D eigenvalue weighted by Gasteiger charge is 2.25. The minimum absolute atomic E-state index is 0.967. The Morgan fingerprint density at radius 1 is 0.230 bits per heavy atom. The number of hydrogen-bond donors (Lipinski definition) is 2. The second-order valence-electron chi connectivity index (χ2n) is 30.7. The number of aromatic amines is 2. The Bertz CT molecular complexity index is 4760. The molecule has 8 aromatic carbocycles. The predicted molar refractivity (Wildman–Crippen MR) is 422 cm³/mol. The molecule has 0 fully saturated rings. The normalized spacial score (nSPS) is 15.1. The van der Waals surface area contributed by atoms with Gasteiger partial charge in [-0.3, -0.25) is 0 Å². The van der Waals surface area contributed by atoms with Gasteiger partial charge in [-0.15, -0.1) is 0 Å². The lowest BCUT2D eigenvalue weighted by Gasteiger charge is -2.14. The van der Waals surface area contributed by atoms with Crippen molar-refractivity contribution < 1.29 is 0 Å². The molecule has 100 heavy (non-hydrogen) atoms. The number of fused-ring (bicyclic) bond motifs is 24. The first kappa shape index (κ1) is 63.8. The fraction of sp³-hybridized carbons (Fsp3) is 0.292. The molecule has 24 bridgehead atoms. The van der Waals surface area contributed by atoms with Crippen LogP contribution in [0.4, 0.5) is 0 Å². The number of H-pyrrole nitrogens is 2. The highest BCUT2D eigenvalue weighted by molar-refractivity contribution is 6.00. The summed E-state index contributed by atoms with van der Waals surface area (Å²) in [4.78, 5) is 20.6. The fourth-order valence-electron chi connectivity index (χ4n) is 18.6. The summed E-state index contributed by atoms with van der Waals surface area (Å²) in [5.41, 5.74) is 52.0. The summed E-state index contributed by atoms with van der Waals surface area (Å²) in [5, 5.41) is 0. The molecular formula is C96H94N4. The first-order valence-corrected chi connectivity index (χ1v) is 37.8. The number of aromatic nitrogens is 4. The number of hydrogen-bond acceptors (Lipinski definition) is 2. The van der Waals surface area contributed by atoms with Crippen LogP contribution >= 0.6 is 0 Å². The van der Waals surface area contributed by atoms with Crippen molar-refractivity contribution in [1.82, 2.24) is 19.9 Å². The van der Waals surface area contributed by atoms with E-state index in [1.165, 1.54) is 156 Å². The zero-order chi connectivity index (χ0) is 67.9. The van der Waals surface area contributed by atoms with E-state index in [2.05, 4.69) is 235 Å². The molecule has 0 atom stereocenters. The summed E-state index contributed by atoms with van der Waals surface area (Å²) in [6.45, 7) is 18.7. The van der Waals surface area contributed by atoms with Gasteiger partial charge in [-0.2, -0.15) is 0 Å². The highest BCUT2D eigenvalue weighted by Crippen LogP contribution is 2.42. The van der Waals surface area contributed by atoms with Gasteiger partial charge in [0.2, 0.25) is 0 Å². The average Bonchev–Trinajstić information content (AvgIpc) is 1.57. The molecule has 6 aliphatic rings. The zero-order valence-electron chi connectivity index (χ0n) is 60.2. The summed E-state index contributed by atoms with van der Waals surface area (Å²) in [6.07, 6.45) is 29.9. The van der Waals surface area contributed by atoms with Crippen LogP contribution in [0.15, 0.2) is 146 Å². The van der Waals surface area contributed by atoms with Gasteiger partial charge in [0.05, 0.1) is 22.8 Å². The molecule has 4 nitrogen and oxygen atoms in total. The monoisotopic (exact) mass is 1300 g/mol. The molecule has 0 saturated carbocycles. The van der Waals surface area contributed by atoms with Crippen LogP contribution in [-0.4, -0.2) is 19.9 Å². The molecule has 4 aliphatic carbocycles. The van der Waals surface area contributed by atoms with Crippen molar-refractivity contribution in [2.45, 2.75) is 184 Å². The Morgan fingerprint density at radius 3 is 0.680 bits per heavy atom. The Morgan fingerprint density at radius 2 is 0.450 bits per heavy atom. The maximum Gasteiger partial charge on any atom is 0.0737 e. The summed E-state index contributed by atoms with van der Waals surface area (Å²) < 4.78 is 0. The molecule has 2 aliphatic heterocycles. The van der Waals surface area contributed by atoms with Gasteiger partial charge in [-0.05, 0) is 388 Å². The molecule has 0 unspecified atom stereocenters. The van der Waals surface area contributed by atoms with E-state index in [1.54, 1.807) is 0 Å². The maximum atomic E-state index is 6.03. The van der Waals surface area contributed by atoms with E-state index in [4.69, 9.17) is 9.97 Å². The molecule has 0 amide bonds. The van der Waals surface area contributed by atoms with E-state index < -0.39 is 0 Å². The van der Waals surface area contributed by atoms with E-state index in [0.29, 0.717) is 0 Å². The molecule has 498 valence electrons. The van der Waals surface area contributed by atoms with E-state index >= 15 is 0 Å². The van der Waals surface area contributed by atoms with Crippen LogP contribution < -0.4 is 0 Å². The average molecular weight is 1300 g/mol. The van der Waals surface area contributed by atoms with Crippen molar-refractivity contribution >= 4 is 46.4 Å². The zero-order valence-corrected chi connectivity index (χ0v) is 60.2. The van der Waals surface area contributed by atoms with Gasteiger partial charge in [0.15, 0.2) is 0 Å². The van der Waals surface area contributed by atoms with Crippen LogP contribution in [0.3, 0.4) is 0 Å². The summed E-state index contributed by atoms with van der Waals surface area (Å²) in [5.74, 6) is 0. The van der Waals surface area contributed by atoms with Crippen molar-refractivity contribution in [3.63, 3.8) is 0 Å². The number of aryl methyl sites for hydroxylation is 16. The smallest absolute Gasteiger partial charge is 0.0737 e. The van der Waals surface area contributed by atoms with Gasteiger partial charge < -0.3 is 9.97 Å². The van der Waals surface area contributed by atoms with Crippen LogP contribution in [-0.2, 0) is 103 Å². The minimum Gasteiger partial charge on any atom is -0.354 e. The van der Waals surface area contributed by atoms with E-state index in [0.717, 1.165) is 196 Å². The molecule has 4 heteroatoms. The molecule has 2 N–H and O–H groups in total. The number of benzene rings is 8. The lowest BCUT2D eigenvalue weighted by atomic mass is 9.91. The minimum atomic E-state index is 0.967. The standard InChI is InChI=1S/C96H94N4/c1-57-21-29-73-17-9-13-65-45-69(25-33-81(57)61(73)5)53-77(49-65)93-85-37-39-87(97-85)94(78-50-66-14-10-18-74-30-22-58(2)82(62(74)6)34-26-70(46-66)54-78)89-41-43-91(99-89)96(80-52-68-16-12-20-76-32-24-60(4)84(64(76)8)36-28-72(48-68)56-80)92-44-42-90(100-92)95(88-40-38-86(93)98-88)79-51-67-15-11-19-75-31-23-59(3)83(63(75)7)35-27-71(47-67)55-79/h21-24,29-32,37-56,97,100H,9-20,25-28,33-36H2,1-8H3. The van der Waals surface area contributed by atoms with Gasteiger partial charge >= 0.3 is 0 Å². The number of nitrogens with one attached hydrogen (secondary N) is 2. The lowest BCUT2D eigenvalue weighted by Crippen LogP contribution is -2.01. The fourth-order valence-corrected chi connectivity index (χ4v) is 18.6. The summed E-state index contributed by atoms with van der Waals surface area (Å²) in [6, 6.07) is 58.5. The summed E-state index contributed by atoms with van der Waals surface area (Å²) in [7, 11) is 0. The van der Waals surface area contributed by atoms with Crippen LogP contribution in [0.5, 0.6) is 0 Å². The Kier molecular flexibility index (Phi) is 16.9. The van der Waals surface area contributed by atoms with Crippen molar-refractivity contribution in [2.24, 2.45) is 0 Å². The third-order valence-corrected chi connectivity index (χ3v) is 24.2. The lowest BCUT2D eigenvalue weighted by molar-refractivity contribution is 0.814. The first-order chi connectivity index (χ1) is 48.7. The first-order valence-electron chi connectivity index (χ1n) is 37.8. The predicted octanol–water partition coefficient (Wildman–Crippen LogP) is 22.9. The van der Waals surface area contributed by atoms with Crippen LogP contribution in [0.2, 0.25) is 0 Å². The van der Waals surface area contributed by atoms with Crippen LogP contribution in [0.1, 0.15) is 182 Å². The molecule has 11 aromatic rings. The molecule has 0 saturated heterocycles. The Hall–Kier alpha value is -9.64. The Balaban J connectivity index is 0.931. The number of nitrogens with zero attached hydrogens (tertiary/aromatic N) is 2. The molecule has 17 rings (SSSR count). The van der Waals surface area contributed by atoms with Crippen molar-refractivity contribution in [2.75, 3.05) is 0 Å². The molecule has 3 aromatic heterocycles. The molecular weight excluding hydrogens is 1210 g/mol. The molecule has 0 radical (unpaired) electrons. The van der Waals surface area contributed by atoms with Gasteiger partial charge in [0.25, 0.3) is 0 Å². The second kappa shape index (κ2) is 26.5. The van der Waals surface area contributed by atoms with Crippen LogP contribution in [0, 0.1) is 55.4 Å². The molecule has 5 heterocycles. The third-order valence-electron chi connectivity index (χ3n) is 24.2. The topological polar surface area (TPSA) is 57.4 Å². The highest BCUT2D eigenvalue weighted by atomic mass is 14.8. The largest absolute Gasteiger partial charge is 0.354 e. The van der Waals surface area contributed by atoms with Crippen molar-refractivity contribution in [1.29, 1.82) is 0 Å². The summed E-state index contributed by atoms with van der Waals surface area (Å²) >= 11 is 0. The molecule has 0 spiro atoms. The van der Waals surface area contributed by atoms with E-state index in [9.17, 15) is 0 Å². The number of rotatable bonds is 4. The third kappa shape index (κ3) is 12.3. The van der Waals surface area contributed by atoms with E-state index in [-0.39, 0.29) is 0 Å². The quantitative estimate of drug-likeness (QED) is 0.184. The Labute approximate surface area is 592 Å².